The predicted octanol–water partition coefficient (Wildman–Crippen LogP) is 1.99. The molecule has 13 heteroatoms. The molecule has 12 nitrogen and oxygen atoms in total. The first kappa shape index (κ1) is 29.0. The van der Waals surface area contributed by atoms with Crippen LogP contribution in [0.25, 0.3) is 11.0 Å². The van der Waals surface area contributed by atoms with E-state index in [0.29, 0.717) is 15.3 Å². The second kappa shape index (κ2) is 12.3. The number of esters is 2. The van der Waals surface area contributed by atoms with Crippen LogP contribution in [0, 0.1) is 17.3 Å². The van der Waals surface area contributed by atoms with Crippen molar-refractivity contribution in [3.63, 3.8) is 0 Å². The van der Waals surface area contributed by atoms with Gasteiger partial charge in [0.2, 0.25) is 11.9 Å². The number of carbonyl (C=O) groups excluding carboxylic acids is 4. The maximum atomic E-state index is 12.7. The van der Waals surface area contributed by atoms with Gasteiger partial charge >= 0.3 is 11.9 Å². The number of hydrogen-bond acceptors (Lipinski definition) is 10. The fraction of sp³-hybridized carbons (Fsp3) is 0.346. The molecule has 1 atom stereocenters. The first-order valence-corrected chi connectivity index (χ1v) is 12.5. The number of ether oxygens (including phenoxy) is 2. The summed E-state index contributed by atoms with van der Waals surface area (Å²) < 4.78 is 9.28. The fourth-order valence-electron chi connectivity index (χ4n) is 3.09. The van der Waals surface area contributed by atoms with Gasteiger partial charge in [0, 0.05) is 23.6 Å². The SMILES string of the molecule is COC(=O)CC[C@H](NC(=O)c1ccc(C#Cc2cnc3nc(NC(=O)C(C)(C)C)[nH]c(=O)c3c2)s1)C(=O)OC. The molecular weight excluding hydrogens is 526 g/mol. The Morgan fingerprint density at radius 1 is 1.13 bits per heavy atom. The van der Waals surface area contributed by atoms with E-state index in [4.69, 9.17) is 4.74 Å². The second-order valence-corrected chi connectivity index (χ2v) is 10.4. The summed E-state index contributed by atoms with van der Waals surface area (Å²) in [5.41, 5.74) is -0.566. The van der Waals surface area contributed by atoms with Gasteiger partial charge in [-0.2, -0.15) is 4.98 Å². The highest BCUT2D eigenvalue weighted by molar-refractivity contribution is 7.14. The zero-order valence-corrected chi connectivity index (χ0v) is 22.8. The van der Waals surface area contributed by atoms with Gasteiger partial charge in [0.1, 0.15) is 6.04 Å². The Bertz CT molecular complexity index is 1540. The number of anilines is 1. The van der Waals surface area contributed by atoms with Gasteiger partial charge in [0.15, 0.2) is 5.65 Å². The van der Waals surface area contributed by atoms with E-state index in [1.807, 2.05) is 0 Å². The molecule has 3 aromatic rings. The summed E-state index contributed by atoms with van der Waals surface area (Å²) in [6.45, 7) is 5.21. The maximum Gasteiger partial charge on any atom is 0.328 e. The van der Waals surface area contributed by atoms with Crippen molar-refractivity contribution in [3.05, 3.63) is 50.1 Å². The summed E-state index contributed by atoms with van der Waals surface area (Å²) >= 11 is 1.10. The number of pyridine rings is 1. The average Bonchev–Trinajstić information content (AvgIpc) is 3.38. The first-order valence-electron chi connectivity index (χ1n) is 11.7. The van der Waals surface area contributed by atoms with Gasteiger partial charge in [0.25, 0.3) is 11.5 Å². The number of aromatic amines is 1. The normalized spacial score (nSPS) is 11.6. The number of amides is 2. The summed E-state index contributed by atoms with van der Waals surface area (Å²) in [7, 11) is 2.42. The topological polar surface area (TPSA) is 169 Å². The molecule has 0 saturated heterocycles. The minimum Gasteiger partial charge on any atom is -0.469 e. The molecule has 0 spiro atoms. The molecule has 0 unspecified atom stereocenters. The Hall–Kier alpha value is -4.57. The smallest absolute Gasteiger partial charge is 0.328 e. The summed E-state index contributed by atoms with van der Waals surface area (Å²) in [6, 6.07) is 3.71. The molecule has 3 rings (SSSR count). The number of thiophene rings is 1. The summed E-state index contributed by atoms with van der Waals surface area (Å²) in [6.07, 6.45) is 1.40. The molecule has 0 aromatic carbocycles. The van der Waals surface area contributed by atoms with E-state index in [2.05, 4.69) is 42.2 Å². The minimum absolute atomic E-state index is 0.00267. The molecule has 0 saturated carbocycles. The lowest BCUT2D eigenvalue weighted by atomic mass is 9.96. The van der Waals surface area contributed by atoms with Gasteiger partial charge in [-0.3, -0.25) is 29.5 Å². The van der Waals surface area contributed by atoms with Gasteiger partial charge in [0.05, 0.1) is 29.4 Å². The summed E-state index contributed by atoms with van der Waals surface area (Å²) in [5.74, 6) is 3.79. The van der Waals surface area contributed by atoms with Crippen molar-refractivity contribution in [3.8, 4) is 11.8 Å². The molecule has 0 aliphatic carbocycles. The average molecular weight is 554 g/mol. The predicted molar refractivity (Wildman–Crippen MR) is 143 cm³/mol. The van der Waals surface area contributed by atoms with Crippen molar-refractivity contribution in [1.29, 1.82) is 0 Å². The summed E-state index contributed by atoms with van der Waals surface area (Å²) in [4.78, 5) is 72.6. The third-order valence-electron chi connectivity index (χ3n) is 5.29. The van der Waals surface area contributed by atoms with Crippen molar-refractivity contribution in [1.82, 2.24) is 20.3 Å². The van der Waals surface area contributed by atoms with Crippen LogP contribution in [0.4, 0.5) is 5.95 Å². The number of aromatic nitrogens is 3. The van der Waals surface area contributed by atoms with Gasteiger partial charge in [-0.15, -0.1) is 11.3 Å². The molecular formula is C26H27N5O7S. The van der Waals surface area contributed by atoms with E-state index in [-0.39, 0.29) is 35.7 Å². The molecule has 2 amide bonds. The van der Waals surface area contributed by atoms with Crippen molar-refractivity contribution < 1.29 is 28.7 Å². The third-order valence-corrected chi connectivity index (χ3v) is 6.29. The fourth-order valence-corrected chi connectivity index (χ4v) is 3.85. The second-order valence-electron chi connectivity index (χ2n) is 9.29. The van der Waals surface area contributed by atoms with Crippen LogP contribution in [0.1, 0.15) is 53.7 Å². The Balaban J connectivity index is 1.74. The van der Waals surface area contributed by atoms with E-state index >= 15 is 0 Å². The van der Waals surface area contributed by atoms with Crippen LogP contribution in [0.5, 0.6) is 0 Å². The standard InChI is InChI=1S/C26H27N5O7S/c1-26(2,3)24(36)31-25-29-20-16(21(33)30-25)12-14(13-27-20)6-7-15-8-10-18(39-15)22(34)28-17(23(35)38-5)9-11-19(32)37-4/h8,10,12-13,17H,9,11H2,1-5H3,(H,28,34)(H2,27,29,30,31,33,36)/t17-/m0/s1. The lowest BCUT2D eigenvalue weighted by Gasteiger charge is -2.16. The van der Waals surface area contributed by atoms with Crippen LogP contribution >= 0.6 is 11.3 Å². The molecule has 0 aliphatic heterocycles. The van der Waals surface area contributed by atoms with Crippen LogP contribution in [0.15, 0.2) is 29.2 Å². The molecule has 3 N–H and O–H groups in total. The van der Waals surface area contributed by atoms with E-state index in [1.165, 1.54) is 26.5 Å². The summed E-state index contributed by atoms with van der Waals surface area (Å²) in [5, 5.41) is 5.33. The first-order chi connectivity index (χ1) is 18.4. The van der Waals surface area contributed by atoms with Crippen molar-refractivity contribution in [2.75, 3.05) is 19.5 Å². The van der Waals surface area contributed by atoms with Crippen molar-refractivity contribution in [2.45, 2.75) is 39.7 Å². The number of H-pyrrole nitrogens is 1. The monoisotopic (exact) mass is 553 g/mol. The molecule has 3 aromatic heterocycles. The van der Waals surface area contributed by atoms with E-state index < -0.39 is 34.9 Å². The van der Waals surface area contributed by atoms with Gasteiger partial charge in [-0.25, -0.2) is 9.78 Å². The minimum atomic E-state index is -1.02. The Kier molecular flexibility index (Phi) is 9.16. The largest absolute Gasteiger partial charge is 0.469 e. The van der Waals surface area contributed by atoms with Crippen LogP contribution in [0.3, 0.4) is 0 Å². The maximum absolute atomic E-state index is 12.7. The highest BCUT2D eigenvalue weighted by Crippen LogP contribution is 2.18. The molecule has 0 radical (unpaired) electrons. The zero-order valence-electron chi connectivity index (χ0n) is 22.0. The number of nitrogens with zero attached hydrogens (tertiary/aromatic N) is 2. The lowest BCUT2D eigenvalue weighted by Crippen LogP contribution is -2.41. The van der Waals surface area contributed by atoms with Crippen molar-refractivity contribution in [2.24, 2.45) is 5.41 Å². The highest BCUT2D eigenvalue weighted by atomic mass is 32.1. The number of rotatable bonds is 7. The number of hydrogen-bond donors (Lipinski definition) is 3. The number of carbonyl (C=O) groups is 4. The Labute approximate surface area is 227 Å². The molecule has 3 heterocycles. The van der Waals surface area contributed by atoms with E-state index in [9.17, 15) is 24.0 Å². The van der Waals surface area contributed by atoms with Crippen LogP contribution < -0.4 is 16.2 Å². The number of fused-ring (bicyclic) bond motifs is 1. The van der Waals surface area contributed by atoms with Crippen molar-refractivity contribution >= 4 is 52.1 Å². The lowest BCUT2D eigenvalue weighted by molar-refractivity contribution is -0.144. The van der Waals surface area contributed by atoms with Gasteiger partial charge in [-0.1, -0.05) is 32.6 Å². The van der Waals surface area contributed by atoms with E-state index in [1.54, 1.807) is 32.9 Å². The van der Waals surface area contributed by atoms with Crippen LogP contribution in [0.2, 0.25) is 0 Å². The quantitative estimate of drug-likeness (QED) is 0.292. The molecule has 0 fully saturated rings. The zero-order chi connectivity index (χ0) is 28.7. The molecule has 0 aliphatic rings. The highest BCUT2D eigenvalue weighted by Gasteiger charge is 2.24. The Morgan fingerprint density at radius 3 is 2.54 bits per heavy atom. The van der Waals surface area contributed by atoms with Crippen LogP contribution in [-0.4, -0.2) is 59.0 Å². The molecule has 204 valence electrons. The number of nitrogens with one attached hydrogen (secondary N) is 3. The van der Waals surface area contributed by atoms with Gasteiger partial charge < -0.3 is 14.8 Å². The van der Waals surface area contributed by atoms with Gasteiger partial charge in [-0.05, 0) is 24.6 Å². The number of methoxy groups -OCH3 is 2. The van der Waals surface area contributed by atoms with Crippen LogP contribution in [-0.2, 0) is 23.9 Å². The third kappa shape index (κ3) is 7.71. The van der Waals surface area contributed by atoms with E-state index in [0.717, 1.165) is 11.3 Å². The molecule has 39 heavy (non-hydrogen) atoms. The Morgan fingerprint density at radius 2 is 1.87 bits per heavy atom. The molecule has 0 bridgehead atoms.